The van der Waals surface area contributed by atoms with Crippen LogP contribution in [0.25, 0.3) is 0 Å². The van der Waals surface area contributed by atoms with Crippen molar-refractivity contribution in [2.45, 2.75) is 38.2 Å². The highest BCUT2D eigenvalue weighted by Gasteiger charge is 2.12. The van der Waals surface area contributed by atoms with Crippen LogP contribution >= 0.6 is 0 Å². The van der Waals surface area contributed by atoms with E-state index in [0.29, 0.717) is 0 Å². The second-order valence-corrected chi connectivity index (χ2v) is 3.27. The molecule has 0 fully saturated rings. The Bertz CT molecular complexity index is 195. The Labute approximate surface area is 80.6 Å². The van der Waals surface area contributed by atoms with E-state index in [1.165, 1.54) is 6.42 Å². The van der Waals surface area contributed by atoms with Gasteiger partial charge in [0.05, 0.1) is 0 Å². The van der Waals surface area contributed by atoms with Gasteiger partial charge in [-0.3, -0.25) is 0 Å². The van der Waals surface area contributed by atoms with Crippen LogP contribution in [0, 0.1) is 0 Å². The molecule has 0 aromatic rings. The van der Waals surface area contributed by atoms with Crippen LogP contribution in [0.5, 0.6) is 0 Å². The summed E-state index contributed by atoms with van der Waals surface area (Å²) >= 11 is 0. The van der Waals surface area contributed by atoms with Gasteiger partial charge in [0.15, 0.2) is 0 Å². The largest absolute Gasteiger partial charge is 0.446 e. The predicted octanol–water partition coefficient (Wildman–Crippen LogP) is 2.48. The van der Waals surface area contributed by atoms with Crippen LogP contribution in [-0.4, -0.2) is 19.2 Å². The van der Waals surface area contributed by atoms with E-state index < -0.39 is 0 Å². The van der Waals surface area contributed by atoms with E-state index in [1.807, 2.05) is 0 Å². The molecule has 1 rings (SSSR count). The third-order valence-corrected chi connectivity index (χ3v) is 2.19. The zero-order valence-corrected chi connectivity index (χ0v) is 8.08. The normalized spacial score (nSPS) is 25.5. The number of ether oxygens (including phenoxy) is 1. The molecule has 3 nitrogen and oxygen atoms in total. The summed E-state index contributed by atoms with van der Waals surface area (Å²) in [5.41, 5.74) is 0. The molecule has 1 atom stereocenters. The summed E-state index contributed by atoms with van der Waals surface area (Å²) in [6.07, 6.45) is 9.36. The molecule has 0 spiro atoms. The average molecular weight is 185 g/mol. The Morgan fingerprint density at radius 3 is 3.15 bits per heavy atom. The average Bonchev–Trinajstić information content (AvgIpc) is 2.09. The molecule has 1 aliphatic rings. The van der Waals surface area contributed by atoms with Crippen molar-refractivity contribution >= 4 is 6.09 Å². The summed E-state index contributed by atoms with van der Waals surface area (Å²) in [4.78, 5) is 10.9. The number of carbonyl (C=O) groups is 1. The van der Waals surface area contributed by atoms with Crippen LogP contribution in [0.15, 0.2) is 12.2 Å². The zero-order valence-electron chi connectivity index (χ0n) is 8.08. The lowest BCUT2D eigenvalue weighted by Gasteiger charge is -2.17. The SMILES string of the molecule is CNC(=O)OC1C/C=C/CCCC1.[HH]. The highest BCUT2D eigenvalue weighted by molar-refractivity contribution is 5.66. The van der Waals surface area contributed by atoms with Gasteiger partial charge in [-0.1, -0.05) is 12.2 Å². The van der Waals surface area contributed by atoms with Crippen molar-refractivity contribution in [1.82, 2.24) is 5.32 Å². The summed E-state index contributed by atoms with van der Waals surface area (Å²) in [6, 6.07) is 0. The molecule has 1 unspecified atom stereocenters. The minimum atomic E-state index is -0.320. The number of amides is 1. The molecule has 76 valence electrons. The monoisotopic (exact) mass is 185 g/mol. The van der Waals surface area contributed by atoms with Gasteiger partial charge in [0.2, 0.25) is 0 Å². The summed E-state index contributed by atoms with van der Waals surface area (Å²) < 4.78 is 5.17. The molecule has 0 heterocycles. The summed E-state index contributed by atoms with van der Waals surface area (Å²) in [7, 11) is 1.58. The van der Waals surface area contributed by atoms with Crippen molar-refractivity contribution in [1.29, 1.82) is 0 Å². The van der Waals surface area contributed by atoms with Gasteiger partial charge in [-0.2, -0.15) is 0 Å². The Kier molecular flexibility index (Phi) is 4.36. The second kappa shape index (κ2) is 5.62. The molecule has 1 amide bonds. The topological polar surface area (TPSA) is 38.3 Å². The lowest BCUT2D eigenvalue weighted by atomic mass is 10.0. The number of rotatable bonds is 1. The van der Waals surface area contributed by atoms with E-state index in [2.05, 4.69) is 17.5 Å². The van der Waals surface area contributed by atoms with E-state index in [1.54, 1.807) is 7.05 Å². The first-order chi connectivity index (χ1) is 6.33. The Morgan fingerprint density at radius 2 is 2.38 bits per heavy atom. The van der Waals surface area contributed by atoms with Crippen LogP contribution < -0.4 is 5.32 Å². The molecule has 0 bridgehead atoms. The third-order valence-electron chi connectivity index (χ3n) is 2.19. The van der Waals surface area contributed by atoms with Crippen LogP contribution in [0.3, 0.4) is 0 Å². The number of hydrogen-bond acceptors (Lipinski definition) is 2. The predicted molar refractivity (Wildman–Crippen MR) is 53.7 cm³/mol. The fourth-order valence-electron chi connectivity index (χ4n) is 1.44. The lowest BCUT2D eigenvalue weighted by molar-refractivity contribution is 0.0936. The van der Waals surface area contributed by atoms with Crippen molar-refractivity contribution in [2.75, 3.05) is 7.05 Å². The number of alkyl carbamates (subject to hydrolysis) is 1. The van der Waals surface area contributed by atoms with E-state index in [9.17, 15) is 4.79 Å². The van der Waals surface area contributed by atoms with Crippen LogP contribution in [0.1, 0.15) is 33.5 Å². The van der Waals surface area contributed by atoms with Crippen molar-refractivity contribution in [2.24, 2.45) is 0 Å². The number of nitrogens with one attached hydrogen (secondary N) is 1. The fraction of sp³-hybridized carbons (Fsp3) is 0.700. The van der Waals surface area contributed by atoms with Gasteiger partial charge in [0, 0.05) is 14.9 Å². The maximum Gasteiger partial charge on any atom is 0.407 e. The molecule has 13 heavy (non-hydrogen) atoms. The first-order valence-electron chi connectivity index (χ1n) is 4.86. The zero-order chi connectivity index (χ0) is 9.52. The number of carbonyl (C=O) groups excluding carboxylic acids is 1. The molecule has 0 radical (unpaired) electrons. The quantitative estimate of drug-likeness (QED) is 0.637. The van der Waals surface area contributed by atoms with Crippen LogP contribution in [0.4, 0.5) is 4.79 Å². The molecule has 0 aliphatic heterocycles. The Balaban J connectivity index is 0.00000169. The Morgan fingerprint density at radius 1 is 1.54 bits per heavy atom. The van der Waals surface area contributed by atoms with E-state index >= 15 is 0 Å². The number of allylic oxidation sites excluding steroid dienone is 1. The maximum absolute atomic E-state index is 10.9. The van der Waals surface area contributed by atoms with Crippen molar-refractivity contribution in [3.8, 4) is 0 Å². The molecular formula is C10H19NO2. The van der Waals surface area contributed by atoms with E-state index in [-0.39, 0.29) is 13.6 Å². The molecule has 0 saturated carbocycles. The van der Waals surface area contributed by atoms with Crippen molar-refractivity contribution < 1.29 is 11.0 Å². The molecule has 1 aliphatic carbocycles. The van der Waals surface area contributed by atoms with Gasteiger partial charge >= 0.3 is 6.09 Å². The number of hydrogen-bond donors (Lipinski definition) is 1. The second-order valence-electron chi connectivity index (χ2n) is 3.27. The van der Waals surface area contributed by atoms with Gasteiger partial charge in [0.1, 0.15) is 6.10 Å². The molecular weight excluding hydrogens is 166 g/mol. The van der Waals surface area contributed by atoms with Crippen molar-refractivity contribution in [3.05, 3.63) is 12.2 Å². The Hall–Kier alpha value is -0.990. The molecule has 1 N–H and O–H groups in total. The molecule has 0 saturated heterocycles. The fourth-order valence-corrected chi connectivity index (χ4v) is 1.44. The smallest absolute Gasteiger partial charge is 0.407 e. The van der Waals surface area contributed by atoms with E-state index in [0.717, 1.165) is 25.7 Å². The standard InChI is InChI=1S/C10H17NO2.H2/c1-11-10(12)13-9-7-5-3-2-4-6-8-9;/h3,5,9H,2,4,6-8H2,1H3,(H,11,12);1H/b5-3+;. The molecule has 3 heteroatoms. The lowest BCUT2D eigenvalue weighted by Crippen LogP contribution is -2.26. The summed E-state index contributed by atoms with van der Waals surface area (Å²) in [5, 5.41) is 2.46. The van der Waals surface area contributed by atoms with E-state index in [4.69, 9.17) is 4.74 Å². The highest BCUT2D eigenvalue weighted by atomic mass is 16.6. The molecule has 0 aromatic heterocycles. The highest BCUT2D eigenvalue weighted by Crippen LogP contribution is 2.14. The van der Waals surface area contributed by atoms with Crippen molar-refractivity contribution in [3.63, 3.8) is 0 Å². The van der Waals surface area contributed by atoms with Gasteiger partial charge < -0.3 is 10.1 Å². The minimum Gasteiger partial charge on any atom is -0.446 e. The maximum atomic E-state index is 10.9. The van der Waals surface area contributed by atoms with Gasteiger partial charge in [0.25, 0.3) is 0 Å². The van der Waals surface area contributed by atoms with Gasteiger partial charge in [-0.25, -0.2) is 4.79 Å². The van der Waals surface area contributed by atoms with Gasteiger partial charge in [-0.15, -0.1) is 0 Å². The molecule has 0 aromatic carbocycles. The third kappa shape index (κ3) is 3.97. The summed E-state index contributed by atoms with van der Waals surface area (Å²) in [5.74, 6) is 0. The first kappa shape index (κ1) is 10.1. The summed E-state index contributed by atoms with van der Waals surface area (Å²) in [6.45, 7) is 0. The van der Waals surface area contributed by atoms with Gasteiger partial charge in [-0.05, 0) is 25.7 Å². The first-order valence-corrected chi connectivity index (χ1v) is 4.86. The van der Waals surface area contributed by atoms with Crippen LogP contribution in [0.2, 0.25) is 0 Å². The van der Waals surface area contributed by atoms with Crippen LogP contribution in [-0.2, 0) is 4.74 Å². The minimum absolute atomic E-state index is 0.